The maximum absolute atomic E-state index is 12.1. The van der Waals surface area contributed by atoms with Gasteiger partial charge in [0.2, 0.25) is 0 Å². The minimum atomic E-state index is -0.488. The second kappa shape index (κ2) is 4.57. The summed E-state index contributed by atoms with van der Waals surface area (Å²) >= 11 is 0. The Bertz CT molecular complexity index is 600. The third-order valence-electron chi connectivity index (χ3n) is 5.76. The van der Waals surface area contributed by atoms with E-state index in [2.05, 4.69) is 6.58 Å². The molecule has 3 aliphatic heterocycles. The van der Waals surface area contributed by atoms with Gasteiger partial charge in [0.25, 0.3) is 0 Å². The first-order chi connectivity index (χ1) is 10.7. The Balaban J connectivity index is 1.69. The first-order valence-electron chi connectivity index (χ1n) is 8.16. The fourth-order valence-electron chi connectivity index (χ4n) is 4.27. The molecular weight excluding hydrogens is 300 g/mol. The van der Waals surface area contributed by atoms with Gasteiger partial charge in [-0.3, -0.25) is 4.79 Å². The van der Waals surface area contributed by atoms with Crippen molar-refractivity contribution in [3.05, 3.63) is 12.2 Å². The molecule has 3 saturated heterocycles. The number of carbonyl (C=O) groups excluding carboxylic acids is 2. The van der Waals surface area contributed by atoms with Crippen molar-refractivity contribution in [2.75, 3.05) is 0 Å². The summed E-state index contributed by atoms with van der Waals surface area (Å²) in [5.41, 5.74) is -0.270. The summed E-state index contributed by atoms with van der Waals surface area (Å²) in [4.78, 5) is 23.6. The summed E-state index contributed by atoms with van der Waals surface area (Å²) in [5, 5.41) is 0. The number of rotatable bonds is 1. The molecule has 3 heterocycles. The average Bonchev–Trinajstić information content (AvgIpc) is 3.27. The van der Waals surface area contributed by atoms with E-state index in [1.165, 1.54) is 6.92 Å². The third-order valence-corrected chi connectivity index (χ3v) is 5.76. The van der Waals surface area contributed by atoms with E-state index < -0.39 is 18.2 Å². The molecule has 4 aliphatic rings. The quantitative estimate of drug-likeness (QED) is 0.414. The Kier molecular flexibility index (Phi) is 3.01. The van der Waals surface area contributed by atoms with Gasteiger partial charge in [0.15, 0.2) is 0 Å². The van der Waals surface area contributed by atoms with Crippen LogP contribution in [0, 0.1) is 5.92 Å². The molecule has 4 rings (SSSR count). The van der Waals surface area contributed by atoms with Gasteiger partial charge in [0, 0.05) is 18.9 Å². The van der Waals surface area contributed by atoms with Gasteiger partial charge in [-0.2, -0.15) is 0 Å². The zero-order chi connectivity index (χ0) is 16.6. The van der Waals surface area contributed by atoms with Gasteiger partial charge in [-0.05, 0) is 26.7 Å². The van der Waals surface area contributed by atoms with Crippen molar-refractivity contribution in [2.45, 2.75) is 75.7 Å². The average molecular weight is 322 g/mol. The van der Waals surface area contributed by atoms with Crippen LogP contribution in [0.4, 0.5) is 0 Å². The number of hydrogen-bond acceptors (Lipinski definition) is 6. The lowest BCUT2D eigenvalue weighted by Gasteiger charge is -2.28. The molecule has 0 unspecified atom stereocenters. The highest BCUT2D eigenvalue weighted by Crippen LogP contribution is 2.54. The van der Waals surface area contributed by atoms with Crippen LogP contribution in [0.2, 0.25) is 0 Å². The molecule has 7 atom stereocenters. The number of hydrogen-bond donors (Lipinski definition) is 0. The van der Waals surface area contributed by atoms with Crippen molar-refractivity contribution >= 4 is 11.9 Å². The monoisotopic (exact) mass is 322 g/mol. The van der Waals surface area contributed by atoms with E-state index in [0.29, 0.717) is 12.0 Å². The molecule has 0 N–H and O–H groups in total. The van der Waals surface area contributed by atoms with Crippen LogP contribution in [0.1, 0.15) is 40.0 Å². The molecule has 126 valence electrons. The standard InChI is InChI=1S/C17H22O6/c1-8-12-10(20-9(2)18)7-17(4)11(22-17)5-6-16(3)14(23-16)13(12)21-15(8)19/h10-14H,1,5-7H2,2-4H3/t10-,11-,12-,13+,14+,16-,17+/m1/s1. The molecule has 0 amide bonds. The lowest BCUT2D eigenvalue weighted by Crippen LogP contribution is -2.40. The maximum Gasteiger partial charge on any atom is 0.334 e. The molecule has 0 bridgehead atoms. The zero-order valence-corrected chi connectivity index (χ0v) is 13.7. The summed E-state index contributed by atoms with van der Waals surface area (Å²) in [6, 6.07) is 0. The Labute approximate surface area is 135 Å². The highest BCUT2D eigenvalue weighted by molar-refractivity contribution is 5.91. The summed E-state index contributed by atoms with van der Waals surface area (Å²) in [6.07, 6.45) is 1.34. The lowest BCUT2D eigenvalue weighted by molar-refractivity contribution is -0.151. The summed E-state index contributed by atoms with van der Waals surface area (Å²) in [5.74, 6) is -1.18. The lowest BCUT2D eigenvalue weighted by atomic mass is 9.79. The number of esters is 2. The normalized spacial score (nSPS) is 51.0. The fourth-order valence-corrected chi connectivity index (χ4v) is 4.27. The molecule has 0 aromatic rings. The number of ether oxygens (including phenoxy) is 4. The maximum atomic E-state index is 12.1. The minimum absolute atomic E-state index is 0.144. The Morgan fingerprint density at radius 1 is 1.30 bits per heavy atom. The van der Waals surface area contributed by atoms with Gasteiger partial charge >= 0.3 is 11.9 Å². The Morgan fingerprint density at radius 3 is 2.74 bits per heavy atom. The van der Waals surface area contributed by atoms with E-state index in [-0.39, 0.29) is 35.3 Å². The van der Waals surface area contributed by atoms with Crippen molar-refractivity contribution in [3.8, 4) is 0 Å². The summed E-state index contributed by atoms with van der Waals surface area (Å²) in [7, 11) is 0. The van der Waals surface area contributed by atoms with Gasteiger partial charge in [-0.25, -0.2) is 4.79 Å². The third kappa shape index (κ3) is 2.31. The van der Waals surface area contributed by atoms with Crippen LogP contribution in [-0.2, 0) is 28.5 Å². The first kappa shape index (κ1) is 15.1. The van der Waals surface area contributed by atoms with Crippen LogP contribution in [0.3, 0.4) is 0 Å². The second-order valence-electron chi connectivity index (χ2n) is 7.58. The second-order valence-corrected chi connectivity index (χ2v) is 7.58. The van der Waals surface area contributed by atoms with Crippen LogP contribution in [0.5, 0.6) is 0 Å². The van der Waals surface area contributed by atoms with Gasteiger partial charge in [-0.1, -0.05) is 6.58 Å². The molecule has 1 saturated carbocycles. The molecule has 0 aromatic heterocycles. The molecule has 0 radical (unpaired) electrons. The molecule has 1 aliphatic carbocycles. The van der Waals surface area contributed by atoms with Gasteiger partial charge in [0.1, 0.15) is 18.3 Å². The first-order valence-corrected chi connectivity index (χ1v) is 8.16. The van der Waals surface area contributed by atoms with Gasteiger partial charge in [-0.15, -0.1) is 0 Å². The van der Waals surface area contributed by atoms with Crippen molar-refractivity contribution in [1.29, 1.82) is 0 Å². The molecule has 6 nitrogen and oxygen atoms in total. The smallest absolute Gasteiger partial charge is 0.334 e. The van der Waals surface area contributed by atoms with Gasteiger partial charge < -0.3 is 18.9 Å². The molecular formula is C17H22O6. The van der Waals surface area contributed by atoms with Crippen LogP contribution in [-0.4, -0.2) is 47.6 Å². The van der Waals surface area contributed by atoms with Crippen molar-refractivity contribution < 1.29 is 28.5 Å². The van der Waals surface area contributed by atoms with E-state index in [9.17, 15) is 9.59 Å². The SMILES string of the molecule is C=C1C(=O)O[C@H]2[C@H]1[C@H](OC(C)=O)C[C@]1(C)O[C@@H]1CC[C@@]1(C)O[C@@H]21. The molecule has 4 fully saturated rings. The highest BCUT2D eigenvalue weighted by atomic mass is 16.7. The molecule has 23 heavy (non-hydrogen) atoms. The number of carbonyl (C=O) groups is 2. The predicted molar refractivity (Wildman–Crippen MR) is 78.5 cm³/mol. The highest BCUT2D eigenvalue weighted by Gasteiger charge is 2.66. The number of epoxide rings is 2. The summed E-state index contributed by atoms with van der Waals surface area (Å²) < 4.78 is 22.8. The number of fused-ring (bicyclic) bond motifs is 4. The largest absolute Gasteiger partial charge is 0.462 e. The van der Waals surface area contributed by atoms with Crippen molar-refractivity contribution in [2.24, 2.45) is 5.92 Å². The predicted octanol–water partition coefficient (Wildman–Crippen LogP) is 1.51. The fraction of sp³-hybridized carbons (Fsp3) is 0.765. The van der Waals surface area contributed by atoms with Crippen LogP contribution < -0.4 is 0 Å². The molecule has 0 spiro atoms. The van der Waals surface area contributed by atoms with Crippen molar-refractivity contribution in [1.82, 2.24) is 0 Å². The Morgan fingerprint density at radius 2 is 2.04 bits per heavy atom. The van der Waals surface area contributed by atoms with E-state index >= 15 is 0 Å². The van der Waals surface area contributed by atoms with E-state index in [1.807, 2.05) is 13.8 Å². The van der Waals surface area contributed by atoms with Crippen LogP contribution in [0.25, 0.3) is 0 Å². The van der Waals surface area contributed by atoms with Crippen molar-refractivity contribution in [3.63, 3.8) is 0 Å². The van der Waals surface area contributed by atoms with Gasteiger partial charge in [0.05, 0.1) is 23.2 Å². The molecule has 6 heteroatoms. The van der Waals surface area contributed by atoms with E-state index in [1.54, 1.807) is 0 Å². The Hall–Kier alpha value is -1.40. The minimum Gasteiger partial charge on any atom is -0.462 e. The van der Waals surface area contributed by atoms with E-state index in [0.717, 1.165) is 12.8 Å². The van der Waals surface area contributed by atoms with E-state index in [4.69, 9.17) is 18.9 Å². The van der Waals surface area contributed by atoms with Crippen LogP contribution >= 0.6 is 0 Å². The molecule has 0 aromatic carbocycles. The zero-order valence-electron chi connectivity index (χ0n) is 13.7. The van der Waals surface area contributed by atoms with Crippen LogP contribution in [0.15, 0.2) is 12.2 Å². The summed E-state index contributed by atoms with van der Waals surface area (Å²) in [6.45, 7) is 9.31. The topological polar surface area (TPSA) is 77.7 Å².